The van der Waals surface area contributed by atoms with Crippen LogP contribution in [0.1, 0.15) is 5.56 Å². The molecule has 0 saturated carbocycles. The van der Waals surface area contributed by atoms with Gasteiger partial charge in [0.1, 0.15) is 11.6 Å². The van der Waals surface area contributed by atoms with Gasteiger partial charge in [0.2, 0.25) is 0 Å². The predicted octanol–water partition coefficient (Wildman–Crippen LogP) is 4.32. The minimum absolute atomic E-state index is 0.0263. The number of H-pyrrole nitrogens is 1. The highest BCUT2D eigenvalue weighted by Gasteiger charge is 2.15. The molecular formula is C21H15FN3O2S-. The Morgan fingerprint density at radius 3 is 2.18 bits per heavy atom. The summed E-state index contributed by atoms with van der Waals surface area (Å²) in [5.41, 5.74) is 4.72. The molecule has 0 bridgehead atoms. The molecule has 0 saturated heterocycles. The number of aromatic amines is 1. The van der Waals surface area contributed by atoms with Gasteiger partial charge < -0.3 is 9.54 Å². The standard InChI is InChI=1S/C21H16FN3O2S/c22-18-7-5-15(6-8-18)19-20(16-9-11-23-12-10-16)25-21(24-19)17-3-1-14(2-4-17)13-28(26)27/h1-12H,13H2,(H,24,25)(H,26,27)/p-1. The zero-order chi connectivity index (χ0) is 19.5. The first-order chi connectivity index (χ1) is 13.6. The predicted molar refractivity (Wildman–Crippen MR) is 105 cm³/mol. The highest BCUT2D eigenvalue weighted by Crippen LogP contribution is 2.33. The topological polar surface area (TPSA) is 81.7 Å². The number of hydrogen-bond donors (Lipinski definition) is 1. The van der Waals surface area contributed by atoms with E-state index in [0.717, 1.165) is 22.4 Å². The van der Waals surface area contributed by atoms with Gasteiger partial charge in [-0.1, -0.05) is 35.3 Å². The third-order valence-corrected chi connectivity index (χ3v) is 4.87. The number of rotatable bonds is 5. The fourth-order valence-electron chi connectivity index (χ4n) is 2.95. The molecule has 2 aromatic carbocycles. The first kappa shape index (κ1) is 18.2. The fraction of sp³-hybridized carbons (Fsp3) is 0.0476. The van der Waals surface area contributed by atoms with Crippen molar-refractivity contribution in [2.45, 2.75) is 5.75 Å². The van der Waals surface area contributed by atoms with Gasteiger partial charge in [0.05, 0.1) is 11.4 Å². The average Bonchev–Trinajstić information content (AvgIpc) is 3.15. The van der Waals surface area contributed by atoms with Gasteiger partial charge in [-0.15, -0.1) is 0 Å². The number of hydrogen-bond acceptors (Lipinski definition) is 4. The lowest BCUT2D eigenvalue weighted by atomic mass is 10.1. The second-order valence-corrected chi connectivity index (χ2v) is 7.09. The molecular weight excluding hydrogens is 377 g/mol. The lowest BCUT2D eigenvalue weighted by Crippen LogP contribution is -1.93. The molecule has 2 aromatic heterocycles. The van der Waals surface area contributed by atoms with E-state index >= 15 is 0 Å². The second-order valence-electron chi connectivity index (χ2n) is 6.20. The summed E-state index contributed by atoms with van der Waals surface area (Å²) in [6, 6.07) is 17.1. The Hall–Kier alpha value is -3.16. The van der Waals surface area contributed by atoms with E-state index in [4.69, 9.17) is 4.98 Å². The van der Waals surface area contributed by atoms with Crippen molar-refractivity contribution in [3.05, 3.63) is 84.4 Å². The number of aromatic nitrogens is 3. The van der Waals surface area contributed by atoms with E-state index in [-0.39, 0.29) is 11.6 Å². The van der Waals surface area contributed by atoms with Crippen LogP contribution in [0.3, 0.4) is 0 Å². The lowest BCUT2D eigenvalue weighted by molar-refractivity contribution is 0.536. The molecule has 0 aliphatic rings. The van der Waals surface area contributed by atoms with Crippen molar-refractivity contribution in [2.75, 3.05) is 0 Å². The highest BCUT2D eigenvalue weighted by molar-refractivity contribution is 7.78. The Bertz CT molecular complexity index is 1110. The van der Waals surface area contributed by atoms with Crippen LogP contribution in [0.2, 0.25) is 0 Å². The summed E-state index contributed by atoms with van der Waals surface area (Å²) in [6.07, 6.45) is 3.39. The molecule has 0 radical (unpaired) electrons. The Morgan fingerprint density at radius 1 is 0.893 bits per heavy atom. The van der Waals surface area contributed by atoms with Crippen molar-refractivity contribution in [1.82, 2.24) is 15.0 Å². The molecule has 4 aromatic rings. The van der Waals surface area contributed by atoms with E-state index in [2.05, 4.69) is 9.97 Å². The van der Waals surface area contributed by atoms with Gasteiger partial charge in [0.25, 0.3) is 0 Å². The Labute approximate surface area is 163 Å². The fourth-order valence-corrected chi connectivity index (χ4v) is 3.41. The van der Waals surface area contributed by atoms with Gasteiger partial charge in [-0.25, -0.2) is 9.37 Å². The SMILES string of the molecule is O=S([O-])Cc1ccc(-c2nc(-c3ccc(F)cc3)c(-c3ccncc3)[nH]2)cc1. The zero-order valence-corrected chi connectivity index (χ0v) is 15.4. The van der Waals surface area contributed by atoms with Gasteiger partial charge in [-0.2, -0.15) is 0 Å². The molecule has 1 atom stereocenters. The molecule has 4 rings (SSSR count). The van der Waals surface area contributed by atoms with E-state index in [0.29, 0.717) is 17.1 Å². The maximum absolute atomic E-state index is 13.3. The average molecular weight is 392 g/mol. The molecule has 140 valence electrons. The number of pyridine rings is 1. The van der Waals surface area contributed by atoms with Crippen LogP contribution in [0.15, 0.2) is 73.1 Å². The van der Waals surface area contributed by atoms with E-state index < -0.39 is 11.1 Å². The van der Waals surface area contributed by atoms with Crippen LogP contribution >= 0.6 is 0 Å². The molecule has 0 aliphatic carbocycles. The minimum atomic E-state index is -2.13. The largest absolute Gasteiger partial charge is 0.772 e. The zero-order valence-electron chi connectivity index (χ0n) is 14.6. The summed E-state index contributed by atoms with van der Waals surface area (Å²) in [4.78, 5) is 12.1. The van der Waals surface area contributed by atoms with Crippen LogP contribution in [-0.2, 0) is 16.8 Å². The molecule has 5 nitrogen and oxygen atoms in total. The molecule has 0 spiro atoms. The van der Waals surface area contributed by atoms with Crippen molar-refractivity contribution >= 4 is 11.1 Å². The smallest absolute Gasteiger partial charge is 0.138 e. The van der Waals surface area contributed by atoms with Gasteiger partial charge >= 0.3 is 0 Å². The Balaban J connectivity index is 1.79. The number of imidazole rings is 1. The summed E-state index contributed by atoms with van der Waals surface area (Å²) in [5.74, 6) is 0.305. The minimum Gasteiger partial charge on any atom is -0.772 e. The molecule has 0 aliphatic heterocycles. The maximum atomic E-state index is 13.3. The van der Waals surface area contributed by atoms with E-state index in [9.17, 15) is 13.2 Å². The lowest BCUT2D eigenvalue weighted by Gasteiger charge is -2.05. The molecule has 7 heteroatoms. The third-order valence-electron chi connectivity index (χ3n) is 4.30. The first-order valence-corrected chi connectivity index (χ1v) is 9.76. The maximum Gasteiger partial charge on any atom is 0.138 e. The monoisotopic (exact) mass is 392 g/mol. The summed E-state index contributed by atoms with van der Waals surface area (Å²) in [7, 11) is 0. The van der Waals surface area contributed by atoms with Gasteiger partial charge in [0, 0.05) is 34.8 Å². The van der Waals surface area contributed by atoms with Crippen molar-refractivity contribution in [3.8, 4) is 33.9 Å². The van der Waals surface area contributed by atoms with Gasteiger partial charge in [0.15, 0.2) is 0 Å². The van der Waals surface area contributed by atoms with E-state index in [1.54, 1.807) is 36.7 Å². The molecule has 28 heavy (non-hydrogen) atoms. The van der Waals surface area contributed by atoms with Gasteiger partial charge in [-0.3, -0.25) is 9.19 Å². The van der Waals surface area contributed by atoms with Crippen LogP contribution in [-0.4, -0.2) is 23.7 Å². The number of nitrogens with zero attached hydrogens (tertiary/aromatic N) is 2. The number of halogens is 1. The van der Waals surface area contributed by atoms with E-state index in [1.807, 2.05) is 24.3 Å². The molecule has 0 amide bonds. The van der Waals surface area contributed by atoms with Crippen LogP contribution in [0, 0.1) is 5.82 Å². The van der Waals surface area contributed by atoms with Crippen molar-refractivity contribution in [3.63, 3.8) is 0 Å². The second kappa shape index (κ2) is 7.84. The number of nitrogens with one attached hydrogen (secondary N) is 1. The normalized spacial score (nSPS) is 12.1. The van der Waals surface area contributed by atoms with Gasteiger partial charge in [-0.05, 0) is 42.0 Å². The third kappa shape index (κ3) is 3.90. The Morgan fingerprint density at radius 2 is 1.54 bits per heavy atom. The molecule has 2 heterocycles. The summed E-state index contributed by atoms with van der Waals surface area (Å²) < 4.78 is 35.1. The van der Waals surface area contributed by atoms with Crippen LogP contribution in [0.5, 0.6) is 0 Å². The van der Waals surface area contributed by atoms with Crippen molar-refractivity contribution in [2.24, 2.45) is 0 Å². The van der Waals surface area contributed by atoms with E-state index in [1.165, 1.54) is 12.1 Å². The summed E-state index contributed by atoms with van der Waals surface area (Å²) in [5, 5.41) is 0. The Kier molecular flexibility index (Phi) is 5.10. The first-order valence-electron chi connectivity index (χ1n) is 8.51. The quantitative estimate of drug-likeness (QED) is 0.513. The summed E-state index contributed by atoms with van der Waals surface area (Å²) >= 11 is -2.13. The highest BCUT2D eigenvalue weighted by atomic mass is 32.2. The van der Waals surface area contributed by atoms with Crippen LogP contribution in [0.4, 0.5) is 4.39 Å². The van der Waals surface area contributed by atoms with Crippen LogP contribution in [0.25, 0.3) is 33.9 Å². The van der Waals surface area contributed by atoms with Crippen LogP contribution < -0.4 is 0 Å². The molecule has 1 N–H and O–H groups in total. The van der Waals surface area contributed by atoms with Crippen molar-refractivity contribution < 1.29 is 13.2 Å². The van der Waals surface area contributed by atoms with Crippen molar-refractivity contribution in [1.29, 1.82) is 0 Å². The molecule has 0 fully saturated rings. The molecule has 1 unspecified atom stereocenters. The number of benzene rings is 2. The summed E-state index contributed by atoms with van der Waals surface area (Å²) in [6.45, 7) is 0.